The molecule has 2 N–H and O–H groups in total. The van der Waals surface area contributed by atoms with E-state index in [9.17, 15) is 9.59 Å². The quantitative estimate of drug-likeness (QED) is 0.722. The maximum absolute atomic E-state index is 12.5. The van der Waals surface area contributed by atoms with E-state index in [2.05, 4.69) is 10.6 Å². The summed E-state index contributed by atoms with van der Waals surface area (Å²) < 4.78 is 0. The summed E-state index contributed by atoms with van der Waals surface area (Å²) in [6.45, 7) is 5.94. The molecule has 1 fully saturated rings. The molecule has 1 aliphatic carbocycles. The number of rotatable bonds is 6. The molecule has 2 amide bonds. The minimum absolute atomic E-state index is 0.0187. The van der Waals surface area contributed by atoms with Crippen molar-refractivity contribution in [3.63, 3.8) is 0 Å². The molecule has 0 radical (unpaired) electrons. The number of hydrogen-bond acceptors (Lipinski definition) is 3. The molecule has 1 saturated carbocycles. The molecule has 0 aliphatic heterocycles. The molecule has 1 atom stereocenters. The molecule has 0 heterocycles. The summed E-state index contributed by atoms with van der Waals surface area (Å²) in [5, 5.41) is 5.71. The lowest BCUT2D eigenvalue weighted by Crippen LogP contribution is -2.22. The van der Waals surface area contributed by atoms with Gasteiger partial charge in [0.25, 0.3) is 0 Å². The number of anilines is 2. The van der Waals surface area contributed by atoms with Gasteiger partial charge in [0.1, 0.15) is 0 Å². The van der Waals surface area contributed by atoms with Crippen LogP contribution in [0.5, 0.6) is 0 Å². The van der Waals surface area contributed by atoms with E-state index in [1.165, 1.54) is 11.8 Å². The number of carbonyl (C=O) groups is 2. The largest absolute Gasteiger partial charge is 0.326 e. The van der Waals surface area contributed by atoms with Crippen molar-refractivity contribution in [3.05, 3.63) is 53.6 Å². The van der Waals surface area contributed by atoms with Crippen LogP contribution in [0.15, 0.2) is 47.4 Å². The Labute approximate surface area is 158 Å². The van der Waals surface area contributed by atoms with E-state index < -0.39 is 0 Å². The van der Waals surface area contributed by atoms with E-state index in [1.807, 2.05) is 63.2 Å². The topological polar surface area (TPSA) is 58.2 Å². The number of aryl methyl sites for hydroxylation is 1. The van der Waals surface area contributed by atoms with Crippen LogP contribution in [0.4, 0.5) is 11.4 Å². The van der Waals surface area contributed by atoms with Crippen molar-refractivity contribution in [3.8, 4) is 0 Å². The fraction of sp³-hybridized carbons (Fsp3) is 0.333. The van der Waals surface area contributed by atoms with E-state index in [-0.39, 0.29) is 23.0 Å². The average molecular weight is 369 g/mol. The monoisotopic (exact) mass is 368 g/mol. The Balaban J connectivity index is 1.56. The lowest BCUT2D eigenvalue weighted by atomic mass is 10.1. The van der Waals surface area contributed by atoms with E-state index in [0.717, 1.165) is 40.2 Å². The van der Waals surface area contributed by atoms with Crippen molar-refractivity contribution in [1.29, 1.82) is 0 Å². The van der Waals surface area contributed by atoms with Crippen LogP contribution in [-0.2, 0) is 9.59 Å². The second-order valence-corrected chi connectivity index (χ2v) is 8.20. The van der Waals surface area contributed by atoms with Crippen LogP contribution in [0, 0.1) is 19.8 Å². The summed E-state index contributed by atoms with van der Waals surface area (Å²) >= 11 is 1.50. The molecular weight excluding hydrogens is 344 g/mol. The molecule has 2 aromatic carbocycles. The lowest BCUT2D eigenvalue weighted by molar-refractivity contribution is -0.117. The number of carbonyl (C=O) groups excluding carboxylic acids is 2. The zero-order valence-corrected chi connectivity index (χ0v) is 16.2. The normalized spacial score (nSPS) is 14.6. The van der Waals surface area contributed by atoms with Crippen LogP contribution in [0.3, 0.4) is 0 Å². The molecule has 1 aliphatic rings. The summed E-state index contributed by atoms with van der Waals surface area (Å²) in [6, 6.07) is 13.6. The Bertz CT molecular complexity index is 813. The zero-order valence-electron chi connectivity index (χ0n) is 15.3. The first-order valence-electron chi connectivity index (χ1n) is 8.88. The van der Waals surface area contributed by atoms with Gasteiger partial charge in [0.15, 0.2) is 0 Å². The highest BCUT2D eigenvalue weighted by Gasteiger charge is 2.29. The first-order chi connectivity index (χ1) is 12.4. The van der Waals surface area contributed by atoms with Gasteiger partial charge in [-0.2, -0.15) is 0 Å². The van der Waals surface area contributed by atoms with Crippen molar-refractivity contribution < 1.29 is 9.59 Å². The molecule has 1 unspecified atom stereocenters. The number of amides is 2. The van der Waals surface area contributed by atoms with E-state index in [1.54, 1.807) is 0 Å². The Morgan fingerprint density at radius 3 is 2.38 bits per heavy atom. The second-order valence-electron chi connectivity index (χ2n) is 6.78. The molecule has 4 nitrogen and oxygen atoms in total. The second kappa shape index (κ2) is 7.96. The van der Waals surface area contributed by atoms with Gasteiger partial charge in [-0.25, -0.2) is 0 Å². The van der Waals surface area contributed by atoms with Gasteiger partial charge in [0.05, 0.1) is 5.25 Å². The minimum atomic E-state index is -0.221. The van der Waals surface area contributed by atoms with E-state index >= 15 is 0 Å². The third-order valence-electron chi connectivity index (χ3n) is 4.61. The van der Waals surface area contributed by atoms with Crippen LogP contribution in [-0.4, -0.2) is 17.1 Å². The number of benzene rings is 2. The predicted octanol–water partition coefficient (Wildman–Crippen LogP) is 4.77. The van der Waals surface area contributed by atoms with E-state index in [4.69, 9.17) is 0 Å². The molecule has 2 aromatic rings. The van der Waals surface area contributed by atoms with Crippen molar-refractivity contribution >= 4 is 35.0 Å². The Morgan fingerprint density at radius 1 is 1.04 bits per heavy atom. The van der Waals surface area contributed by atoms with Crippen molar-refractivity contribution in [2.75, 3.05) is 10.6 Å². The van der Waals surface area contributed by atoms with Gasteiger partial charge in [-0.15, -0.1) is 11.8 Å². The third-order valence-corrected chi connectivity index (χ3v) is 5.73. The van der Waals surface area contributed by atoms with Crippen molar-refractivity contribution in [2.24, 2.45) is 5.92 Å². The molecule has 0 bridgehead atoms. The zero-order chi connectivity index (χ0) is 18.7. The average Bonchev–Trinajstić information content (AvgIpc) is 3.45. The highest BCUT2D eigenvalue weighted by Crippen LogP contribution is 2.31. The van der Waals surface area contributed by atoms with Crippen molar-refractivity contribution in [2.45, 2.75) is 43.8 Å². The maximum atomic E-state index is 12.5. The highest BCUT2D eigenvalue weighted by atomic mass is 32.2. The number of hydrogen-bond donors (Lipinski definition) is 2. The van der Waals surface area contributed by atoms with Crippen LogP contribution in [0.1, 0.15) is 30.9 Å². The van der Waals surface area contributed by atoms with Gasteiger partial charge in [-0.1, -0.05) is 12.1 Å². The summed E-state index contributed by atoms with van der Waals surface area (Å²) in [4.78, 5) is 25.3. The molecular formula is C21H24N2O2S. The standard InChI is InChI=1S/C21H24N2O2S/c1-13-5-4-6-19(14(13)2)23-20(24)15(3)26-18-11-9-17(10-12-18)22-21(25)16-7-8-16/h4-6,9-12,15-16H,7-8H2,1-3H3,(H,22,25)(H,23,24). The summed E-state index contributed by atoms with van der Waals surface area (Å²) in [5.74, 6) is 0.277. The highest BCUT2D eigenvalue weighted by molar-refractivity contribution is 8.00. The summed E-state index contributed by atoms with van der Waals surface area (Å²) in [6.07, 6.45) is 1.99. The van der Waals surface area contributed by atoms with Gasteiger partial charge < -0.3 is 10.6 Å². The fourth-order valence-corrected chi connectivity index (χ4v) is 3.45. The van der Waals surface area contributed by atoms with Crippen LogP contribution < -0.4 is 10.6 Å². The molecule has 26 heavy (non-hydrogen) atoms. The van der Waals surface area contributed by atoms with Crippen molar-refractivity contribution in [1.82, 2.24) is 0 Å². The van der Waals surface area contributed by atoms with E-state index in [0.29, 0.717) is 0 Å². The minimum Gasteiger partial charge on any atom is -0.326 e. The maximum Gasteiger partial charge on any atom is 0.237 e. The third kappa shape index (κ3) is 4.67. The molecule has 136 valence electrons. The Morgan fingerprint density at radius 2 is 1.73 bits per heavy atom. The van der Waals surface area contributed by atoms with Crippen LogP contribution >= 0.6 is 11.8 Å². The molecule has 3 rings (SSSR count). The fourth-order valence-electron chi connectivity index (χ4n) is 2.59. The SMILES string of the molecule is Cc1cccc(NC(=O)C(C)Sc2ccc(NC(=O)C3CC3)cc2)c1C. The first kappa shape index (κ1) is 18.5. The smallest absolute Gasteiger partial charge is 0.237 e. The van der Waals surface area contributed by atoms with Gasteiger partial charge in [0, 0.05) is 22.2 Å². The lowest BCUT2D eigenvalue weighted by Gasteiger charge is -2.15. The summed E-state index contributed by atoms with van der Waals surface area (Å²) in [7, 11) is 0. The molecule has 0 spiro atoms. The number of nitrogens with one attached hydrogen (secondary N) is 2. The van der Waals surface area contributed by atoms with Gasteiger partial charge in [-0.05, 0) is 75.1 Å². The van der Waals surface area contributed by atoms with Crippen LogP contribution in [0.25, 0.3) is 0 Å². The number of thioether (sulfide) groups is 1. The molecule has 0 saturated heterocycles. The predicted molar refractivity (Wildman–Crippen MR) is 108 cm³/mol. The van der Waals surface area contributed by atoms with Crippen LogP contribution in [0.2, 0.25) is 0 Å². The molecule has 5 heteroatoms. The van der Waals surface area contributed by atoms with Gasteiger partial charge in [0.2, 0.25) is 11.8 Å². The Kier molecular flexibility index (Phi) is 5.67. The van der Waals surface area contributed by atoms with Gasteiger partial charge in [-0.3, -0.25) is 9.59 Å². The summed E-state index contributed by atoms with van der Waals surface area (Å²) in [5.41, 5.74) is 3.92. The Hall–Kier alpha value is -2.27. The first-order valence-corrected chi connectivity index (χ1v) is 9.76. The molecule has 0 aromatic heterocycles. The van der Waals surface area contributed by atoms with Gasteiger partial charge >= 0.3 is 0 Å².